The van der Waals surface area contributed by atoms with E-state index in [0.29, 0.717) is 40.4 Å². The average Bonchev–Trinajstić information content (AvgIpc) is 3.25. The van der Waals surface area contributed by atoms with Gasteiger partial charge in [0.05, 0.1) is 33.1 Å². The highest BCUT2D eigenvalue weighted by Gasteiger charge is 2.32. The number of halogens is 1. The molecule has 0 amide bonds. The van der Waals surface area contributed by atoms with E-state index in [4.69, 9.17) is 18.9 Å². The number of ether oxygens (including phenoxy) is 4. The van der Waals surface area contributed by atoms with E-state index < -0.39 is 11.9 Å². The highest BCUT2D eigenvalue weighted by atomic mass is 79.9. The van der Waals surface area contributed by atoms with Crippen LogP contribution in [-0.2, 0) is 9.47 Å². The number of hydrogen-bond donors (Lipinski definition) is 0. The molecule has 3 rings (SSSR count). The maximum atomic E-state index is 12.9. The van der Waals surface area contributed by atoms with Crippen molar-refractivity contribution in [2.45, 2.75) is 26.7 Å². The first-order valence-corrected chi connectivity index (χ1v) is 11.7. The highest BCUT2D eigenvalue weighted by Crippen LogP contribution is 2.41. The van der Waals surface area contributed by atoms with Crippen LogP contribution in [0.5, 0.6) is 11.5 Å². The monoisotopic (exact) mass is 530 g/mol. The minimum Gasteiger partial charge on any atom is -0.490 e. The summed E-state index contributed by atoms with van der Waals surface area (Å²) in [5.41, 5.74) is 1.31. The van der Waals surface area contributed by atoms with E-state index >= 15 is 0 Å². The number of hydrogen-bond acceptors (Lipinski definition) is 7. The van der Waals surface area contributed by atoms with Gasteiger partial charge in [0.25, 0.3) is 0 Å². The van der Waals surface area contributed by atoms with Crippen molar-refractivity contribution in [2.75, 3.05) is 27.4 Å². The van der Waals surface area contributed by atoms with Gasteiger partial charge in [-0.15, -0.1) is 0 Å². The Labute approximate surface area is 206 Å². The topological polar surface area (TPSA) is 88.9 Å². The second-order valence-corrected chi connectivity index (χ2v) is 8.07. The standard InChI is InChI=1S/C25H27BrN2O6/c1-5-7-13-34-20-15-18(26)17(14-19(20)33-6-2)22-21(24(29)31-3)23(25(30)32-4)28(27-22)16-11-9-8-10-12-16/h8-12,14-15H,5-7,13H2,1-4H3. The summed E-state index contributed by atoms with van der Waals surface area (Å²) in [7, 11) is 2.50. The molecule has 0 unspecified atom stereocenters. The van der Waals surface area contributed by atoms with Gasteiger partial charge in [-0.05, 0) is 53.5 Å². The molecule has 0 spiro atoms. The van der Waals surface area contributed by atoms with Crippen LogP contribution in [0.3, 0.4) is 0 Å². The van der Waals surface area contributed by atoms with Gasteiger partial charge in [0.2, 0.25) is 0 Å². The van der Waals surface area contributed by atoms with Crippen LogP contribution in [0.4, 0.5) is 0 Å². The van der Waals surface area contributed by atoms with Crippen LogP contribution in [0.1, 0.15) is 47.5 Å². The molecule has 9 heteroatoms. The first-order valence-electron chi connectivity index (χ1n) is 10.9. The lowest BCUT2D eigenvalue weighted by Gasteiger charge is -2.14. The molecule has 0 bridgehead atoms. The third-order valence-corrected chi connectivity index (χ3v) is 5.65. The van der Waals surface area contributed by atoms with Gasteiger partial charge in [0.15, 0.2) is 17.2 Å². The summed E-state index contributed by atoms with van der Waals surface area (Å²) in [6, 6.07) is 12.5. The average molecular weight is 531 g/mol. The van der Waals surface area contributed by atoms with Crippen molar-refractivity contribution in [3.05, 3.63) is 58.2 Å². The summed E-state index contributed by atoms with van der Waals surface area (Å²) < 4.78 is 23.7. The summed E-state index contributed by atoms with van der Waals surface area (Å²) in [5.74, 6) is -0.364. The molecule has 0 aliphatic heterocycles. The van der Waals surface area contributed by atoms with Crippen LogP contribution >= 0.6 is 15.9 Å². The first kappa shape index (κ1) is 25.3. The fourth-order valence-corrected chi connectivity index (χ4v) is 3.88. The van der Waals surface area contributed by atoms with Crippen LogP contribution in [0.25, 0.3) is 16.9 Å². The van der Waals surface area contributed by atoms with Crippen LogP contribution in [0, 0.1) is 0 Å². The molecule has 0 aliphatic carbocycles. The summed E-state index contributed by atoms with van der Waals surface area (Å²) in [6.07, 6.45) is 1.90. The molecule has 2 aromatic carbocycles. The molecule has 0 aliphatic rings. The maximum absolute atomic E-state index is 12.9. The van der Waals surface area contributed by atoms with Gasteiger partial charge in [-0.3, -0.25) is 0 Å². The van der Waals surface area contributed by atoms with Crippen molar-refractivity contribution in [2.24, 2.45) is 0 Å². The zero-order valence-electron chi connectivity index (χ0n) is 19.6. The Morgan fingerprint density at radius 1 is 0.971 bits per heavy atom. The van der Waals surface area contributed by atoms with Crippen molar-refractivity contribution >= 4 is 27.9 Å². The summed E-state index contributed by atoms with van der Waals surface area (Å²) in [6.45, 7) is 4.92. The lowest BCUT2D eigenvalue weighted by molar-refractivity contribution is 0.0549. The quantitative estimate of drug-likeness (QED) is 0.254. The zero-order valence-corrected chi connectivity index (χ0v) is 21.2. The maximum Gasteiger partial charge on any atom is 0.357 e. The Morgan fingerprint density at radius 2 is 1.65 bits per heavy atom. The lowest BCUT2D eigenvalue weighted by atomic mass is 10.0. The number of carbonyl (C=O) groups is 2. The van der Waals surface area contributed by atoms with Crippen molar-refractivity contribution in [3.8, 4) is 28.4 Å². The number of rotatable bonds is 10. The van der Waals surface area contributed by atoms with Crippen molar-refractivity contribution < 1.29 is 28.5 Å². The molecule has 0 saturated carbocycles. The number of para-hydroxylation sites is 1. The van der Waals surface area contributed by atoms with Crippen LogP contribution < -0.4 is 9.47 Å². The number of methoxy groups -OCH3 is 2. The van der Waals surface area contributed by atoms with Gasteiger partial charge in [-0.2, -0.15) is 5.10 Å². The van der Waals surface area contributed by atoms with Gasteiger partial charge in [0, 0.05) is 10.0 Å². The Bertz CT molecular complexity index is 1160. The lowest BCUT2D eigenvalue weighted by Crippen LogP contribution is -2.15. The van der Waals surface area contributed by atoms with Gasteiger partial charge in [0.1, 0.15) is 11.3 Å². The normalized spacial score (nSPS) is 10.6. The van der Waals surface area contributed by atoms with Gasteiger partial charge in [-0.1, -0.05) is 31.5 Å². The third kappa shape index (κ3) is 5.25. The Kier molecular flexibility index (Phi) is 8.70. The van der Waals surface area contributed by atoms with E-state index in [0.717, 1.165) is 12.8 Å². The number of nitrogens with zero attached hydrogens (tertiary/aromatic N) is 2. The number of benzene rings is 2. The molecule has 0 fully saturated rings. The van der Waals surface area contributed by atoms with Gasteiger partial charge >= 0.3 is 11.9 Å². The number of unbranched alkanes of at least 4 members (excludes halogenated alkanes) is 1. The number of aromatic nitrogens is 2. The van der Waals surface area contributed by atoms with E-state index in [1.54, 1.807) is 36.4 Å². The SMILES string of the molecule is CCCCOc1cc(Br)c(-c2nn(-c3ccccc3)c(C(=O)OC)c2C(=O)OC)cc1OCC. The third-order valence-electron chi connectivity index (χ3n) is 5.00. The van der Waals surface area contributed by atoms with Crippen molar-refractivity contribution in [1.29, 1.82) is 0 Å². The summed E-state index contributed by atoms with van der Waals surface area (Å²) in [5, 5.41) is 4.64. The molecular formula is C25H27BrN2O6. The zero-order chi connectivity index (χ0) is 24.7. The minimum absolute atomic E-state index is 0.0130. The second kappa shape index (κ2) is 11.7. The molecule has 34 heavy (non-hydrogen) atoms. The predicted octanol–water partition coefficient (Wildman–Crippen LogP) is 5.45. The Hall–Kier alpha value is -3.33. The fraction of sp³-hybridized carbons (Fsp3) is 0.320. The summed E-state index contributed by atoms with van der Waals surface area (Å²) >= 11 is 3.57. The largest absolute Gasteiger partial charge is 0.490 e. The van der Waals surface area contributed by atoms with Gasteiger partial charge in [-0.25, -0.2) is 14.3 Å². The Balaban J connectivity index is 2.28. The van der Waals surface area contributed by atoms with Crippen LogP contribution in [0.2, 0.25) is 0 Å². The molecule has 0 atom stereocenters. The van der Waals surface area contributed by atoms with Crippen LogP contribution in [0.15, 0.2) is 46.9 Å². The molecular weight excluding hydrogens is 504 g/mol. The molecule has 0 saturated heterocycles. The smallest absolute Gasteiger partial charge is 0.357 e. The Morgan fingerprint density at radius 3 is 2.26 bits per heavy atom. The van der Waals surface area contributed by atoms with Crippen molar-refractivity contribution in [1.82, 2.24) is 9.78 Å². The van der Waals surface area contributed by atoms with E-state index in [1.165, 1.54) is 18.9 Å². The predicted molar refractivity (Wildman–Crippen MR) is 131 cm³/mol. The second-order valence-electron chi connectivity index (χ2n) is 7.22. The van der Waals surface area contributed by atoms with Gasteiger partial charge < -0.3 is 18.9 Å². The van der Waals surface area contributed by atoms with E-state index in [-0.39, 0.29) is 17.0 Å². The highest BCUT2D eigenvalue weighted by molar-refractivity contribution is 9.10. The molecule has 1 aromatic heterocycles. The van der Waals surface area contributed by atoms with E-state index in [1.807, 2.05) is 13.0 Å². The summed E-state index contributed by atoms with van der Waals surface area (Å²) in [4.78, 5) is 25.7. The molecule has 1 heterocycles. The molecule has 3 aromatic rings. The molecule has 0 N–H and O–H groups in total. The molecule has 180 valence electrons. The van der Waals surface area contributed by atoms with E-state index in [2.05, 4.69) is 28.0 Å². The molecule has 8 nitrogen and oxygen atoms in total. The van der Waals surface area contributed by atoms with E-state index in [9.17, 15) is 9.59 Å². The first-order chi connectivity index (χ1) is 16.5. The van der Waals surface area contributed by atoms with Crippen molar-refractivity contribution in [3.63, 3.8) is 0 Å². The molecule has 0 radical (unpaired) electrons. The number of esters is 2. The minimum atomic E-state index is -0.719. The fourth-order valence-electron chi connectivity index (χ4n) is 3.37. The van der Waals surface area contributed by atoms with Crippen LogP contribution in [-0.4, -0.2) is 49.2 Å². The number of carbonyl (C=O) groups excluding carboxylic acids is 2.